The lowest BCUT2D eigenvalue weighted by atomic mass is 10.3. The zero-order valence-corrected chi connectivity index (χ0v) is 11.0. The topological polar surface area (TPSA) is 81.4 Å². The summed E-state index contributed by atoms with van der Waals surface area (Å²) in [4.78, 5) is 21.9. The third kappa shape index (κ3) is 2.61. The maximum atomic E-state index is 12.2. The highest BCUT2D eigenvalue weighted by Gasteiger charge is 2.29. The first-order chi connectivity index (χ1) is 9.72. The Labute approximate surface area is 115 Å². The fraction of sp³-hybridized carbons (Fsp3) is 0.385. The summed E-state index contributed by atoms with van der Waals surface area (Å²) < 4.78 is 10.6. The lowest BCUT2D eigenvalue weighted by Crippen LogP contribution is -2.31. The quantitative estimate of drug-likeness (QED) is 0.832. The van der Waals surface area contributed by atoms with Gasteiger partial charge in [-0.05, 0) is 6.92 Å². The number of rotatable bonds is 3. The minimum atomic E-state index is -0.132. The number of carbonyl (C=O) groups excluding carboxylic acids is 1. The minimum Gasteiger partial charge on any atom is -0.471 e. The molecule has 1 fully saturated rings. The van der Waals surface area contributed by atoms with E-state index >= 15 is 0 Å². The highest BCUT2D eigenvalue weighted by molar-refractivity contribution is 5.92. The molecule has 1 atom stereocenters. The molecule has 7 heteroatoms. The minimum absolute atomic E-state index is 0.0661. The standard InChI is InChI=1S/C13H14N4O3/c1-9-6-11(16-20-9)13(18)17-5-2-10(8-17)19-12-7-14-3-4-15-12/h3-4,6-7,10H,2,5,8H2,1H3/t10-/m1/s1. The molecule has 0 aromatic carbocycles. The van der Waals surface area contributed by atoms with Gasteiger partial charge in [0.25, 0.3) is 5.91 Å². The molecular formula is C13H14N4O3. The molecule has 1 aliphatic rings. The molecule has 0 spiro atoms. The van der Waals surface area contributed by atoms with Crippen LogP contribution in [0.1, 0.15) is 22.7 Å². The molecule has 7 nitrogen and oxygen atoms in total. The number of aryl methyl sites for hydroxylation is 1. The van der Waals surface area contributed by atoms with E-state index in [1.54, 1.807) is 36.5 Å². The lowest BCUT2D eigenvalue weighted by molar-refractivity contribution is 0.0761. The molecule has 1 saturated heterocycles. The first kappa shape index (κ1) is 12.6. The van der Waals surface area contributed by atoms with Crippen LogP contribution in [0, 0.1) is 6.92 Å². The molecule has 2 aromatic heterocycles. The van der Waals surface area contributed by atoms with Crippen LogP contribution in [-0.2, 0) is 0 Å². The number of hydrogen-bond donors (Lipinski definition) is 0. The predicted octanol–water partition coefficient (Wildman–Crippen LogP) is 1.07. The van der Waals surface area contributed by atoms with Gasteiger partial charge in [0, 0.05) is 31.4 Å². The van der Waals surface area contributed by atoms with Crippen molar-refractivity contribution in [2.45, 2.75) is 19.4 Å². The van der Waals surface area contributed by atoms with Crippen LogP contribution in [0.25, 0.3) is 0 Å². The zero-order chi connectivity index (χ0) is 13.9. The summed E-state index contributed by atoms with van der Waals surface area (Å²) in [5, 5.41) is 3.74. The Kier molecular flexibility index (Phi) is 3.32. The van der Waals surface area contributed by atoms with Crippen LogP contribution >= 0.6 is 0 Å². The van der Waals surface area contributed by atoms with Crippen LogP contribution in [0.5, 0.6) is 5.88 Å². The van der Waals surface area contributed by atoms with Gasteiger partial charge in [-0.1, -0.05) is 5.16 Å². The van der Waals surface area contributed by atoms with Crippen molar-refractivity contribution in [2.75, 3.05) is 13.1 Å². The molecule has 0 bridgehead atoms. The summed E-state index contributed by atoms with van der Waals surface area (Å²) in [6.45, 7) is 2.91. The van der Waals surface area contributed by atoms with Crippen LogP contribution < -0.4 is 4.74 Å². The Morgan fingerprint density at radius 1 is 1.50 bits per heavy atom. The molecule has 3 heterocycles. The molecule has 0 N–H and O–H groups in total. The van der Waals surface area contributed by atoms with Crippen molar-refractivity contribution < 1.29 is 14.1 Å². The van der Waals surface area contributed by atoms with Gasteiger partial charge in [-0.15, -0.1) is 0 Å². The van der Waals surface area contributed by atoms with Crippen LogP contribution in [0.3, 0.4) is 0 Å². The van der Waals surface area contributed by atoms with E-state index < -0.39 is 0 Å². The highest BCUT2D eigenvalue weighted by atomic mass is 16.5. The number of carbonyl (C=O) groups is 1. The number of nitrogens with zero attached hydrogens (tertiary/aromatic N) is 4. The van der Waals surface area contributed by atoms with Crippen LogP contribution in [-0.4, -0.2) is 45.1 Å². The normalized spacial score (nSPS) is 18.2. The van der Waals surface area contributed by atoms with E-state index in [9.17, 15) is 4.79 Å². The van der Waals surface area contributed by atoms with E-state index in [0.29, 0.717) is 30.4 Å². The van der Waals surface area contributed by atoms with Crippen LogP contribution in [0.4, 0.5) is 0 Å². The van der Waals surface area contributed by atoms with Gasteiger partial charge < -0.3 is 14.2 Å². The largest absolute Gasteiger partial charge is 0.471 e. The van der Waals surface area contributed by atoms with Gasteiger partial charge in [-0.2, -0.15) is 0 Å². The Hall–Kier alpha value is -2.44. The van der Waals surface area contributed by atoms with Gasteiger partial charge in [-0.25, -0.2) is 4.98 Å². The number of hydrogen-bond acceptors (Lipinski definition) is 6. The van der Waals surface area contributed by atoms with Crippen LogP contribution in [0.2, 0.25) is 0 Å². The monoisotopic (exact) mass is 274 g/mol. The zero-order valence-electron chi connectivity index (χ0n) is 11.0. The average Bonchev–Trinajstić information content (AvgIpc) is 3.08. The van der Waals surface area contributed by atoms with Crippen molar-refractivity contribution in [1.82, 2.24) is 20.0 Å². The second kappa shape index (κ2) is 5.28. The summed E-state index contributed by atoms with van der Waals surface area (Å²) in [5.74, 6) is 0.969. The predicted molar refractivity (Wildman–Crippen MR) is 68.2 cm³/mol. The molecule has 0 unspecified atom stereocenters. The molecule has 1 aliphatic heterocycles. The number of aromatic nitrogens is 3. The summed E-state index contributed by atoms with van der Waals surface area (Å²) >= 11 is 0. The number of ether oxygens (including phenoxy) is 1. The first-order valence-corrected chi connectivity index (χ1v) is 6.37. The van der Waals surface area contributed by atoms with Crippen molar-refractivity contribution in [3.05, 3.63) is 36.1 Å². The van der Waals surface area contributed by atoms with E-state index in [1.807, 2.05) is 0 Å². The molecule has 104 valence electrons. The third-order valence-electron chi connectivity index (χ3n) is 3.11. The van der Waals surface area contributed by atoms with Crippen molar-refractivity contribution in [1.29, 1.82) is 0 Å². The molecule has 0 saturated carbocycles. The lowest BCUT2D eigenvalue weighted by Gasteiger charge is -2.15. The van der Waals surface area contributed by atoms with E-state index in [-0.39, 0.29) is 12.0 Å². The molecule has 20 heavy (non-hydrogen) atoms. The van der Waals surface area contributed by atoms with Crippen molar-refractivity contribution in [2.24, 2.45) is 0 Å². The summed E-state index contributed by atoms with van der Waals surface area (Å²) in [7, 11) is 0. The smallest absolute Gasteiger partial charge is 0.276 e. The highest BCUT2D eigenvalue weighted by Crippen LogP contribution is 2.17. The summed E-state index contributed by atoms with van der Waals surface area (Å²) in [6.07, 6.45) is 5.42. The second-order valence-electron chi connectivity index (χ2n) is 4.65. The van der Waals surface area contributed by atoms with E-state index in [0.717, 1.165) is 6.42 Å². The Bertz CT molecular complexity index is 599. The number of likely N-dealkylation sites (tertiary alicyclic amines) is 1. The van der Waals surface area contributed by atoms with E-state index in [1.165, 1.54) is 0 Å². The van der Waals surface area contributed by atoms with Crippen molar-refractivity contribution in [3.8, 4) is 5.88 Å². The fourth-order valence-electron chi connectivity index (χ4n) is 2.16. The van der Waals surface area contributed by atoms with E-state index in [2.05, 4.69) is 15.1 Å². The van der Waals surface area contributed by atoms with E-state index in [4.69, 9.17) is 9.26 Å². The average molecular weight is 274 g/mol. The molecular weight excluding hydrogens is 260 g/mol. The van der Waals surface area contributed by atoms with Crippen molar-refractivity contribution >= 4 is 5.91 Å². The van der Waals surface area contributed by atoms with Gasteiger partial charge in [-0.3, -0.25) is 9.78 Å². The maximum absolute atomic E-state index is 12.2. The van der Waals surface area contributed by atoms with Gasteiger partial charge in [0.2, 0.25) is 5.88 Å². The van der Waals surface area contributed by atoms with Gasteiger partial charge in [0.05, 0.1) is 12.7 Å². The number of amides is 1. The molecule has 2 aromatic rings. The molecule has 1 amide bonds. The van der Waals surface area contributed by atoms with Gasteiger partial charge in [0.1, 0.15) is 11.9 Å². The van der Waals surface area contributed by atoms with Gasteiger partial charge >= 0.3 is 0 Å². The third-order valence-corrected chi connectivity index (χ3v) is 3.11. The Balaban J connectivity index is 1.61. The van der Waals surface area contributed by atoms with Gasteiger partial charge in [0.15, 0.2) is 5.69 Å². The Morgan fingerprint density at radius 2 is 2.40 bits per heavy atom. The SMILES string of the molecule is Cc1cc(C(=O)N2CC[C@@H](Oc3cnccn3)C2)no1. The molecule has 0 aliphatic carbocycles. The maximum Gasteiger partial charge on any atom is 0.276 e. The second-order valence-corrected chi connectivity index (χ2v) is 4.65. The van der Waals surface area contributed by atoms with Crippen LogP contribution in [0.15, 0.2) is 29.2 Å². The fourth-order valence-corrected chi connectivity index (χ4v) is 2.16. The van der Waals surface area contributed by atoms with Crippen molar-refractivity contribution in [3.63, 3.8) is 0 Å². The molecule has 0 radical (unpaired) electrons. The first-order valence-electron chi connectivity index (χ1n) is 6.37. The Morgan fingerprint density at radius 3 is 3.10 bits per heavy atom. The molecule has 3 rings (SSSR count). The summed E-state index contributed by atoms with van der Waals surface area (Å²) in [5.41, 5.74) is 0.336. The summed E-state index contributed by atoms with van der Waals surface area (Å²) in [6, 6.07) is 1.64.